The molecule has 0 radical (unpaired) electrons. The molecule has 4 nitrogen and oxygen atoms in total. The summed E-state index contributed by atoms with van der Waals surface area (Å²) < 4.78 is 0. The molecule has 0 saturated carbocycles. The summed E-state index contributed by atoms with van der Waals surface area (Å²) in [5.74, 6) is -0.334. The Balaban J connectivity index is 2.84. The Labute approximate surface area is 114 Å². The van der Waals surface area contributed by atoms with Crippen LogP contribution in [0.5, 0.6) is 0 Å². The van der Waals surface area contributed by atoms with Gasteiger partial charge >= 0.3 is 0 Å². The minimum absolute atomic E-state index is 0.0701. The number of nitrogens with zero attached hydrogens (tertiary/aromatic N) is 1. The molecule has 4 heteroatoms. The number of hydrogen-bond donors (Lipinski definition) is 1. The molecule has 0 aliphatic carbocycles. The van der Waals surface area contributed by atoms with Crippen LogP contribution in [-0.2, 0) is 4.79 Å². The summed E-state index contributed by atoms with van der Waals surface area (Å²) in [6.45, 7) is 7.63. The maximum Gasteiger partial charge on any atom is 0.269 e. The number of amides is 2. The van der Waals surface area contributed by atoms with Crippen molar-refractivity contribution in [3.63, 3.8) is 0 Å². The van der Waals surface area contributed by atoms with Crippen LogP contribution in [0.1, 0.15) is 50.9 Å². The zero-order valence-electron chi connectivity index (χ0n) is 12.1. The van der Waals surface area contributed by atoms with Gasteiger partial charge in [-0.05, 0) is 39.3 Å². The average Bonchev–Trinajstić information content (AvgIpc) is 2.35. The van der Waals surface area contributed by atoms with Gasteiger partial charge in [-0.1, -0.05) is 25.1 Å². The molecule has 0 aromatic heterocycles. The summed E-state index contributed by atoms with van der Waals surface area (Å²) in [7, 11) is 0. The van der Waals surface area contributed by atoms with Crippen LogP contribution in [0.4, 0.5) is 0 Å². The SMILES string of the molecule is CCCC(=O)N(NC(=O)c1ccccc1)C(C)(C)C. The average molecular weight is 262 g/mol. The summed E-state index contributed by atoms with van der Waals surface area (Å²) in [4.78, 5) is 24.2. The van der Waals surface area contributed by atoms with Crippen molar-refractivity contribution in [1.82, 2.24) is 10.4 Å². The fourth-order valence-corrected chi connectivity index (χ4v) is 1.69. The highest BCUT2D eigenvalue weighted by Gasteiger charge is 2.27. The monoisotopic (exact) mass is 262 g/mol. The molecule has 0 spiro atoms. The molecule has 19 heavy (non-hydrogen) atoms. The number of carbonyl (C=O) groups excluding carboxylic acids is 2. The lowest BCUT2D eigenvalue weighted by Gasteiger charge is -2.35. The van der Waals surface area contributed by atoms with Gasteiger partial charge in [0.1, 0.15) is 0 Å². The first-order chi connectivity index (χ1) is 8.86. The quantitative estimate of drug-likeness (QED) is 0.851. The molecule has 0 heterocycles. The Kier molecular flexibility index (Phi) is 5.10. The molecule has 1 N–H and O–H groups in total. The number of benzene rings is 1. The lowest BCUT2D eigenvalue weighted by molar-refractivity contribution is -0.139. The minimum atomic E-state index is -0.448. The lowest BCUT2D eigenvalue weighted by Crippen LogP contribution is -2.55. The first kappa shape index (κ1) is 15.2. The number of carbonyl (C=O) groups is 2. The molecule has 1 rings (SSSR count). The van der Waals surface area contributed by atoms with Crippen molar-refractivity contribution in [2.24, 2.45) is 0 Å². The van der Waals surface area contributed by atoms with Gasteiger partial charge in [-0.2, -0.15) is 0 Å². The van der Waals surface area contributed by atoms with E-state index < -0.39 is 5.54 Å². The standard InChI is InChI=1S/C15H22N2O2/c1-5-9-13(18)17(15(2,3)4)16-14(19)12-10-7-6-8-11-12/h6-8,10-11H,5,9H2,1-4H3,(H,16,19). The maximum atomic E-state index is 12.1. The number of hydrogen-bond acceptors (Lipinski definition) is 2. The second-order valence-corrected chi connectivity index (χ2v) is 5.46. The predicted molar refractivity (Wildman–Crippen MR) is 75.4 cm³/mol. The molecule has 0 fully saturated rings. The molecule has 0 bridgehead atoms. The molecule has 0 atom stereocenters. The fraction of sp³-hybridized carbons (Fsp3) is 0.467. The van der Waals surface area contributed by atoms with Crippen molar-refractivity contribution in [3.05, 3.63) is 35.9 Å². The smallest absolute Gasteiger partial charge is 0.269 e. The third-order valence-corrected chi connectivity index (χ3v) is 2.63. The van der Waals surface area contributed by atoms with Crippen LogP contribution in [0.25, 0.3) is 0 Å². The van der Waals surface area contributed by atoms with Gasteiger partial charge < -0.3 is 0 Å². The van der Waals surface area contributed by atoms with Crippen LogP contribution in [0.3, 0.4) is 0 Å². The van der Waals surface area contributed by atoms with Crippen LogP contribution < -0.4 is 5.43 Å². The van der Waals surface area contributed by atoms with Crippen LogP contribution in [-0.4, -0.2) is 22.4 Å². The summed E-state index contributed by atoms with van der Waals surface area (Å²) in [6, 6.07) is 8.88. The van der Waals surface area contributed by atoms with Crippen LogP contribution >= 0.6 is 0 Å². The van der Waals surface area contributed by atoms with Gasteiger partial charge in [-0.3, -0.25) is 15.0 Å². The van der Waals surface area contributed by atoms with Crippen molar-refractivity contribution in [1.29, 1.82) is 0 Å². The Morgan fingerprint density at radius 3 is 2.21 bits per heavy atom. The first-order valence-electron chi connectivity index (χ1n) is 6.55. The van der Waals surface area contributed by atoms with Crippen molar-refractivity contribution in [2.75, 3.05) is 0 Å². The van der Waals surface area contributed by atoms with E-state index in [-0.39, 0.29) is 11.8 Å². The lowest BCUT2D eigenvalue weighted by atomic mass is 10.1. The maximum absolute atomic E-state index is 12.1. The van der Waals surface area contributed by atoms with E-state index in [4.69, 9.17) is 0 Å². The molecule has 1 aromatic rings. The van der Waals surface area contributed by atoms with Crippen molar-refractivity contribution in [3.8, 4) is 0 Å². The van der Waals surface area contributed by atoms with Gasteiger partial charge in [0.05, 0.1) is 5.54 Å². The molecule has 0 unspecified atom stereocenters. The molecule has 104 valence electrons. The Bertz CT molecular complexity index is 435. The zero-order chi connectivity index (χ0) is 14.5. The molecule has 0 aliphatic heterocycles. The van der Waals surface area contributed by atoms with E-state index in [1.54, 1.807) is 24.3 Å². The predicted octanol–water partition coefficient (Wildman–Crippen LogP) is 2.76. The van der Waals surface area contributed by atoms with Crippen molar-refractivity contribution < 1.29 is 9.59 Å². The van der Waals surface area contributed by atoms with Gasteiger partial charge in [0.15, 0.2) is 0 Å². The van der Waals surface area contributed by atoms with E-state index in [1.165, 1.54) is 5.01 Å². The minimum Gasteiger partial charge on any atom is -0.273 e. The molecule has 1 aromatic carbocycles. The van der Waals surface area contributed by atoms with E-state index in [9.17, 15) is 9.59 Å². The number of hydrazine groups is 1. The second kappa shape index (κ2) is 6.36. The largest absolute Gasteiger partial charge is 0.273 e. The number of nitrogens with one attached hydrogen (secondary N) is 1. The van der Waals surface area contributed by atoms with E-state index in [0.717, 1.165) is 6.42 Å². The zero-order valence-corrected chi connectivity index (χ0v) is 12.1. The van der Waals surface area contributed by atoms with Crippen molar-refractivity contribution >= 4 is 11.8 Å². The van der Waals surface area contributed by atoms with Gasteiger partial charge in [0.2, 0.25) is 5.91 Å². The molecular weight excluding hydrogens is 240 g/mol. The molecule has 0 saturated heterocycles. The summed E-state index contributed by atoms with van der Waals surface area (Å²) in [5, 5.41) is 1.42. The van der Waals surface area contributed by atoms with Gasteiger partial charge in [-0.15, -0.1) is 0 Å². The topological polar surface area (TPSA) is 49.4 Å². The van der Waals surface area contributed by atoms with E-state index in [0.29, 0.717) is 12.0 Å². The van der Waals surface area contributed by atoms with Gasteiger partial charge in [0.25, 0.3) is 5.91 Å². The van der Waals surface area contributed by atoms with E-state index in [1.807, 2.05) is 33.8 Å². The van der Waals surface area contributed by atoms with E-state index in [2.05, 4.69) is 5.43 Å². The summed E-state index contributed by atoms with van der Waals surface area (Å²) in [6.07, 6.45) is 1.18. The molecule has 2 amide bonds. The Morgan fingerprint density at radius 2 is 1.74 bits per heavy atom. The van der Waals surface area contributed by atoms with Gasteiger partial charge in [-0.25, -0.2) is 5.01 Å². The van der Waals surface area contributed by atoms with Crippen molar-refractivity contribution in [2.45, 2.75) is 46.1 Å². The highest BCUT2D eigenvalue weighted by molar-refractivity contribution is 5.95. The highest BCUT2D eigenvalue weighted by Crippen LogP contribution is 2.13. The van der Waals surface area contributed by atoms with Crippen LogP contribution in [0, 0.1) is 0 Å². The third kappa shape index (κ3) is 4.39. The normalized spacial score (nSPS) is 10.9. The number of rotatable bonds is 3. The molecular formula is C15H22N2O2. The van der Waals surface area contributed by atoms with Crippen LogP contribution in [0.2, 0.25) is 0 Å². The van der Waals surface area contributed by atoms with Crippen LogP contribution in [0.15, 0.2) is 30.3 Å². The highest BCUT2D eigenvalue weighted by atomic mass is 16.2. The van der Waals surface area contributed by atoms with E-state index >= 15 is 0 Å². The summed E-state index contributed by atoms with van der Waals surface area (Å²) in [5.41, 5.74) is 2.80. The molecule has 0 aliphatic rings. The Morgan fingerprint density at radius 1 is 1.16 bits per heavy atom. The second-order valence-electron chi connectivity index (χ2n) is 5.46. The summed E-state index contributed by atoms with van der Waals surface area (Å²) >= 11 is 0. The Hall–Kier alpha value is -1.84. The fourth-order valence-electron chi connectivity index (χ4n) is 1.69. The van der Waals surface area contributed by atoms with Gasteiger partial charge in [0, 0.05) is 12.0 Å². The third-order valence-electron chi connectivity index (χ3n) is 2.63. The first-order valence-corrected chi connectivity index (χ1v) is 6.55.